The number of rotatable bonds is 32. The zero-order valence-electron chi connectivity index (χ0n) is 33.0. The molecule has 1 aromatic rings. The largest absolute Gasteiger partial charge is 0.491 e. The first-order chi connectivity index (χ1) is 26.3. The Morgan fingerprint density at radius 1 is 0.509 bits per heavy atom. The number of hydrogen-bond acceptors (Lipinski definition) is 14. The molecular formula is C41H60O14. The highest BCUT2D eigenvalue weighted by Gasteiger charge is 2.19. The Kier molecular flexibility index (Phi) is 26.0. The normalized spacial score (nSPS) is 11.7. The molecule has 0 radical (unpaired) electrons. The van der Waals surface area contributed by atoms with Crippen molar-refractivity contribution < 1.29 is 66.6 Å². The molecule has 0 bridgehead atoms. The SMILES string of the molecule is C=C(C)C(=O)OCCCCCCC(=O)OC(COCCOc1ccc(OCCOCC(COC(=O)C(=C)C)OC(=O)CCCCC)cc1)COC(=O)C(=C)C. The molecule has 14 nitrogen and oxygen atoms in total. The van der Waals surface area contributed by atoms with Crippen LogP contribution in [0.15, 0.2) is 60.7 Å². The Labute approximate surface area is 325 Å². The molecule has 1 rings (SSSR count). The second kappa shape index (κ2) is 29.6. The lowest BCUT2D eigenvalue weighted by Crippen LogP contribution is -2.30. The summed E-state index contributed by atoms with van der Waals surface area (Å²) in [6.07, 6.45) is 4.32. The van der Waals surface area contributed by atoms with Gasteiger partial charge in [-0.3, -0.25) is 9.59 Å². The van der Waals surface area contributed by atoms with Gasteiger partial charge in [-0.05, 0) is 64.3 Å². The molecule has 0 N–H and O–H groups in total. The Morgan fingerprint density at radius 3 is 1.33 bits per heavy atom. The van der Waals surface area contributed by atoms with E-state index < -0.39 is 36.1 Å². The van der Waals surface area contributed by atoms with Crippen molar-refractivity contribution in [3.63, 3.8) is 0 Å². The first-order valence-corrected chi connectivity index (χ1v) is 18.7. The molecule has 0 fully saturated rings. The van der Waals surface area contributed by atoms with Gasteiger partial charge >= 0.3 is 29.8 Å². The van der Waals surface area contributed by atoms with Crippen LogP contribution in [-0.4, -0.2) is 102 Å². The lowest BCUT2D eigenvalue weighted by atomic mass is 10.1. The summed E-state index contributed by atoms with van der Waals surface area (Å²) in [6.45, 7) is 18.1. The molecule has 2 unspecified atom stereocenters. The summed E-state index contributed by atoms with van der Waals surface area (Å²) in [5.41, 5.74) is 0.819. The Balaban J connectivity index is 2.41. The van der Waals surface area contributed by atoms with Gasteiger partial charge in [0.05, 0.1) is 33.0 Å². The van der Waals surface area contributed by atoms with Crippen LogP contribution in [0.5, 0.6) is 11.5 Å². The predicted molar refractivity (Wildman–Crippen MR) is 203 cm³/mol. The fourth-order valence-corrected chi connectivity index (χ4v) is 4.34. The van der Waals surface area contributed by atoms with E-state index in [0.717, 1.165) is 32.1 Å². The molecule has 0 heterocycles. The molecule has 0 aromatic heterocycles. The molecule has 1 aromatic carbocycles. The molecule has 0 aliphatic heterocycles. The summed E-state index contributed by atoms with van der Waals surface area (Å²) >= 11 is 0. The third-order valence-electron chi connectivity index (χ3n) is 7.36. The van der Waals surface area contributed by atoms with E-state index in [1.807, 2.05) is 6.92 Å². The van der Waals surface area contributed by atoms with Gasteiger partial charge in [0, 0.05) is 29.6 Å². The van der Waals surface area contributed by atoms with Crippen LogP contribution in [0.3, 0.4) is 0 Å². The zero-order valence-corrected chi connectivity index (χ0v) is 33.0. The maximum absolute atomic E-state index is 12.5. The van der Waals surface area contributed by atoms with E-state index in [4.69, 9.17) is 42.6 Å². The van der Waals surface area contributed by atoms with Crippen LogP contribution >= 0.6 is 0 Å². The van der Waals surface area contributed by atoms with Gasteiger partial charge < -0.3 is 42.6 Å². The third-order valence-corrected chi connectivity index (χ3v) is 7.36. The van der Waals surface area contributed by atoms with Crippen molar-refractivity contribution in [2.75, 3.05) is 59.5 Å². The van der Waals surface area contributed by atoms with E-state index in [-0.39, 0.29) is 82.8 Å². The Morgan fingerprint density at radius 2 is 0.909 bits per heavy atom. The van der Waals surface area contributed by atoms with E-state index >= 15 is 0 Å². The first-order valence-electron chi connectivity index (χ1n) is 18.7. The Bertz CT molecular complexity index is 1350. The lowest BCUT2D eigenvalue weighted by Gasteiger charge is -2.18. The summed E-state index contributed by atoms with van der Waals surface area (Å²) in [7, 11) is 0. The van der Waals surface area contributed by atoms with Gasteiger partial charge in [0.25, 0.3) is 0 Å². The zero-order chi connectivity index (χ0) is 40.8. The number of unbranched alkanes of at least 4 members (excludes halogenated alkanes) is 5. The van der Waals surface area contributed by atoms with Crippen molar-refractivity contribution in [2.24, 2.45) is 0 Å². The second-order valence-electron chi connectivity index (χ2n) is 12.8. The minimum absolute atomic E-state index is 0.0106. The minimum Gasteiger partial charge on any atom is -0.491 e. The van der Waals surface area contributed by atoms with Crippen molar-refractivity contribution in [3.05, 3.63) is 60.7 Å². The molecular weight excluding hydrogens is 716 g/mol. The molecule has 2 atom stereocenters. The van der Waals surface area contributed by atoms with Crippen molar-refractivity contribution >= 4 is 29.8 Å². The molecule has 55 heavy (non-hydrogen) atoms. The number of benzene rings is 1. The fourth-order valence-electron chi connectivity index (χ4n) is 4.34. The monoisotopic (exact) mass is 776 g/mol. The fraction of sp³-hybridized carbons (Fsp3) is 0.585. The number of ether oxygens (including phenoxy) is 9. The highest BCUT2D eigenvalue weighted by atomic mass is 16.6. The molecule has 0 amide bonds. The highest BCUT2D eigenvalue weighted by molar-refractivity contribution is 5.87. The van der Waals surface area contributed by atoms with Gasteiger partial charge in [0.1, 0.15) is 37.9 Å². The van der Waals surface area contributed by atoms with Crippen LogP contribution < -0.4 is 9.47 Å². The molecule has 0 aliphatic rings. The van der Waals surface area contributed by atoms with E-state index in [9.17, 15) is 24.0 Å². The topological polar surface area (TPSA) is 168 Å². The number of hydrogen-bond donors (Lipinski definition) is 0. The molecule has 0 saturated carbocycles. The van der Waals surface area contributed by atoms with Crippen molar-refractivity contribution in [1.82, 2.24) is 0 Å². The molecule has 14 heteroatoms. The number of carbonyl (C=O) groups excluding carboxylic acids is 5. The first kappa shape index (κ1) is 48.3. The van der Waals surface area contributed by atoms with Crippen LogP contribution in [0.2, 0.25) is 0 Å². The van der Waals surface area contributed by atoms with Gasteiger partial charge in [-0.2, -0.15) is 0 Å². The third kappa shape index (κ3) is 25.1. The van der Waals surface area contributed by atoms with Gasteiger partial charge in [-0.25, -0.2) is 14.4 Å². The van der Waals surface area contributed by atoms with Crippen molar-refractivity contribution in [3.8, 4) is 11.5 Å². The smallest absolute Gasteiger partial charge is 0.333 e. The predicted octanol–water partition coefficient (Wildman–Crippen LogP) is 6.19. The molecule has 308 valence electrons. The summed E-state index contributed by atoms with van der Waals surface area (Å²) < 4.78 is 49.1. The average molecular weight is 777 g/mol. The highest BCUT2D eigenvalue weighted by Crippen LogP contribution is 2.18. The quantitative estimate of drug-likeness (QED) is 0.0351. The van der Waals surface area contributed by atoms with Crippen LogP contribution in [0.25, 0.3) is 0 Å². The number of carbonyl (C=O) groups is 5. The summed E-state index contributed by atoms with van der Waals surface area (Å²) in [5.74, 6) is -1.24. The summed E-state index contributed by atoms with van der Waals surface area (Å²) in [5, 5.41) is 0. The van der Waals surface area contributed by atoms with E-state index in [1.165, 1.54) is 13.8 Å². The van der Waals surface area contributed by atoms with Crippen molar-refractivity contribution in [2.45, 2.75) is 97.7 Å². The average Bonchev–Trinajstić information content (AvgIpc) is 3.15. The van der Waals surface area contributed by atoms with E-state index in [1.54, 1.807) is 31.2 Å². The van der Waals surface area contributed by atoms with Gasteiger partial charge in [-0.15, -0.1) is 0 Å². The van der Waals surface area contributed by atoms with Gasteiger partial charge in [0.15, 0.2) is 12.2 Å². The Hall–Kier alpha value is -4.69. The standard InChI is InChI=1S/C41H60O14/c1-8-9-12-15-37(42)54-35(28-52-40(45)31(4)5)26-47-22-24-49-33-17-19-34(20-18-33)50-25-23-48-27-36(29-53-41(46)32(6)7)55-38(43)16-13-10-11-14-21-51-39(44)30(2)3/h17-20,35-36H,2,4,6,8-16,21-29H2,1,3,5,7H3. The molecule has 0 aliphatic carbocycles. The van der Waals surface area contributed by atoms with E-state index in [2.05, 4.69) is 19.7 Å². The van der Waals surface area contributed by atoms with Gasteiger partial charge in [0.2, 0.25) is 0 Å². The summed E-state index contributed by atoms with van der Waals surface area (Å²) in [6, 6.07) is 6.93. The summed E-state index contributed by atoms with van der Waals surface area (Å²) in [4.78, 5) is 59.8. The second-order valence-corrected chi connectivity index (χ2v) is 12.8. The van der Waals surface area contributed by atoms with Crippen LogP contribution in [-0.2, 0) is 57.1 Å². The maximum Gasteiger partial charge on any atom is 0.333 e. The number of esters is 5. The van der Waals surface area contributed by atoms with Crippen LogP contribution in [0.1, 0.15) is 85.5 Å². The van der Waals surface area contributed by atoms with Gasteiger partial charge in [-0.1, -0.05) is 52.3 Å². The van der Waals surface area contributed by atoms with Crippen LogP contribution in [0.4, 0.5) is 0 Å². The molecule has 0 spiro atoms. The van der Waals surface area contributed by atoms with Crippen LogP contribution in [0, 0.1) is 0 Å². The molecule has 0 saturated heterocycles. The minimum atomic E-state index is -0.812. The lowest BCUT2D eigenvalue weighted by molar-refractivity contribution is -0.161. The maximum atomic E-state index is 12.5. The van der Waals surface area contributed by atoms with Crippen molar-refractivity contribution in [1.29, 1.82) is 0 Å². The van der Waals surface area contributed by atoms with E-state index in [0.29, 0.717) is 36.5 Å².